The molecular weight excluding hydrogens is 302 g/mol. The lowest BCUT2D eigenvalue weighted by Gasteiger charge is -2.14. The lowest BCUT2D eigenvalue weighted by atomic mass is 10.1. The zero-order chi connectivity index (χ0) is 14.7. The Morgan fingerprint density at radius 3 is 2.50 bits per heavy atom. The summed E-state index contributed by atoms with van der Waals surface area (Å²) in [5.41, 5.74) is 0.839. The first kappa shape index (κ1) is 14.8. The Morgan fingerprint density at radius 2 is 1.85 bits per heavy atom. The molecule has 1 amide bonds. The topological polar surface area (TPSA) is 42.0 Å². The van der Waals surface area contributed by atoms with Crippen LogP contribution in [-0.4, -0.2) is 10.9 Å². The van der Waals surface area contributed by atoms with Gasteiger partial charge in [-0.3, -0.25) is 4.79 Å². The maximum absolute atomic E-state index is 12.8. The quantitative estimate of drug-likeness (QED) is 0.870. The number of rotatable bonds is 3. The summed E-state index contributed by atoms with van der Waals surface area (Å²) in [5, 5.41) is 3.14. The predicted octanol–water partition coefficient (Wildman–Crippen LogP) is 4.02. The number of carbonyl (C=O) groups is 1. The number of nitrogens with zero attached hydrogens (tertiary/aromatic N) is 1. The highest BCUT2D eigenvalue weighted by Crippen LogP contribution is 2.19. The second-order valence-electron chi connectivity index (χ2n) is 4.21. The Morgan fingerprint density at radius 1 is 1.20 bits per heavy atom. The van der Waals surface area contributed by atoms with Crippen molar-refractivity contribution in [3.05, 3.63) is 63.6 Å². The first-order valence-corrected chi connectivity index (χ1v) is 6.61. The number of aromatic nitrogens is 1. The molecule has 0 saturated heterocycles. The highest BCUT2D eigenvalue weighted by atomic mass is 35.5. The van der Waals surface area contributed by atoms with E-state index in [-0.39, 0.29) is 27.7 Å². The number of amides is 1. The molecule has 104 valence electrons. The largest absolute Gasteiger partial charge is 0.344 e. The van der Waals surface area contributed by atoms with Crippen LogP contribution >= 0.6 is 23.2 Å². The molecule has 2 aromatic rings. The van der Waals surface area contributed by atoms with E-state index >= 15 is 0 Å². The normalized spacial score (nSPS) is 12.0. The maximum atomic E-state index is 12.8. The Hall–Kier alpha value is -1.65. The fourth-order valence-electron chi connectivity index (χ4n) is 1.68. The minimum atomic E-state index is -0.436. The van der Waals surface area contributed by atoms with Gasteiger partial charge >= 0.3 is 0 Å². The fourth-order valence-corrected chi connectivity index (χ4v) is 2.02. The smallest absolute Gasteiger partial charge is 0.271 e. The van der Waals surface area contributed by atoms with Crippen molar-refractivity contribution in [1.29, 1.82) is 0 Å². The minimum absolute atomic E-state index is 0.0631. The van der Waals surface area contributed by atoms with Crippen molar-refractivity contribution in [2.75, 3.05) is 0 Å². The van der Waals surface area contributed by atoms with Gasteiger partial charge in [0.05, 0.1) is 11.1 Å². The van der Waals surface area contributed by atoms with Gasteiger partial charge in [0.25, 0.3) is 5.91 Å². The highest BCUT2D eigenvalue weighted by Gasteiger charge is 2.16. The van der Waals surface area contributed by atoms with E-state index in [1.165, 1.54) is 24.3 Å². The standard InChI is InChI=1S/C14H11Cl2FN2O/c1-8(9-2-4-10(17)5-3-9)18-14(20)13-11(15)6-7-12(16)19-13/h2-8H,1H3,(H,18,20)/t8-/m1/s1. The van der Waals surface area contributed by atoms with Crippen LogP contribution in [0.1, 0.15) is 29.0 Å². The molecular formula is C14H11Cl2FN2O. The Balaban J connectivity index is 2.15. The van der Waals surface area contributed by atoms with Crippen LogP contribution < -0.4 is 5.32 Å². The summed E-state index contributed by atoms with van der Waals surface area (Å²) in [6.45, 7) is 1.78. The summed E-state index contributed by atoms with van der Waals surface area (Å²) in [4.78, 5) is 16.0. The van der Waals surface area contributed by atoms with Crippen molar-refractivity contribution >= 4 is 29.1 Å². The van der Waals surface area contributed by atoms with E-state index in [1.807, 2.05) is 0 Å². The summed E-state index contributed by atoms with van der Waals surface area (Å²) < 4.78 is 12.8. The van der Waals surface area contributed by atoms with Crippen LogP contribution in [0.2, 0.25) is 10.2 Å². The zero-order valence-corrected chi connectivity index (χ0v) is 12.0. The van der Waals surface area contributed by atoms with Crippen molar-refractivity contribution in [2.45, 2.75) is 13.0 Å². The summed E-state index contributed by atoms with van der Waals surface area (Å²) in [6, 6.07) is 8.59. The molecule has 0 aliphatic heterocycles. The lowest BCUT2D eigenvalue weighted by molar-refractivity contribution is 0.0935. The third-order valence-electron chi connectivity index (χ3n) is 2.74. The molecule has 20 heavy (non-hydrogen) atoms. The molecule has 1 atom stereocenters. The molecule has 0 fully saturated rings. The van der Waals surface area contributed by atoms with Gasteiger partial charge in [0.1, 0.15) is 16.7 Å². The summed E-state index contributed by atoms with van der Waals surface area (Å²) in [7, 11) is 0. The highest BCUT2D eigenvalue weighted by molar-refractivity contribution is 6.34. The molecule has 0 aliphatic rings. The fraction of sp³-hybridized carbons (Fsp3) is 0.143. The molecule has 1 heterocycles. The number of nitrogens with one attached hydrogen (secondary N) is 1. The van der Waals surface area contributed by atoms with Crippen molar-refractivity contribution < 1.29 is 9.18 Å². The first-order chi connectivity index (χ1) is 9.47. The van der Waals surface area contributed by atoms with E-state index in [1.54, 1.807) is 19.1 Å². The Bertz CT molecular complexity index is 632. The Labute approximate surface area is 125 Å². The monoisotopic (exact) mass is 312 g/mol. The minimum Gasteiger partial charge on any atom is -0.344 e. The van der Waals surface area contributed by atoms with Crippen LogP contribution in [0, 0.1) is 5.82 Å². The number of hydrogen-bond acceptors (Lipinski definition) is 2. The van der Waals surface area contributed by atoms with Gasteiger partial charge in [0, 0.05) is 0 Å². The Kier molecular flexibility index (Phi) is 4.57. The molecule has 0 aliphatic carbocycles. The van der Waals surface area contributed by atoms with Gasteiger partial charge in [-0.25, -0.2) is 9.37 Å². The van der Waals surface area contributed by atoms with Gasteiger partial charge in [0.15, 0.2) is 0 Å². The molecule has 1 aromatic carbocycles. The number of halogens is 3. The van der Waals surface area contributed by atoms with Gasteiger partial charge in [0.2, 0.25) is 0 Å². The molecule has 3 nitrogen and oxygen atoms in total. The van der Waals surface area contributed by atoms with E-state index in [9.17, 15) is 9.18 Å². The molecule has 1 N–H and O–H groups in total. The maximum Gasteiger partial charge on any atom is 0.271 e. The van der Waals surface area contributed by atoms with Gasteiger partial charge in [-0.15, -0.1) is 0 Å². The van der Waals surface area contributed by atoms with Crippen LogP contribution in [0.4, 0.5) is 4.39 Å². The van der Waals surface area contributed by atoms with Crippen molar-refractivity contribution in [3.8, 4) is 0 Å². The van der Waals surface area contributed by atoms with E-state index in [0.29, 0.717) is 0 Å². The molecule has 1 aromatic heterocycles. The van der Waals surface area contributed by atoms with E-state index in [2.05, 4.69) is 10.3 Å². The molecule has 2 rings (SSSR count). The van der Waals surface area contributed by atoms with Gasteiger partial charge in [-0.2, -0.15) is 0 Å². The van der Waals surface area contributed by atoms with Crippen LogP contribution in [0.15, 0.2) is 36.4 Å². The summed E-state index contributed by atoms with van der Waals surface area (Å²) in [6.07, 6.45) is 0. The van der Waals surface area contributed by atoms with Gasteiger partial charge in [-0.1, -0.05) is 35.3 Å². The summed E-state index contributed by atoms with van der Waals surface area (Å²) >= 11 is 11.7. The second kappa shape index (κ2) is 6.20. The van der Waals surface area contributed by atoms with E-state index < -0.39 is 5.91 Å². The van der Waals surface area contributed by atoms with E-state index in [4.69, 9.17) is 23.2 Å². The predicted molar refractivity (Wildman–Crippen MR) is 76.5 cm³/mol. The second-order valence-corrected chi connectivity index (χ2v) is 5.01. The molecule has 0 unspecified atom stereocenters. The number of hydrogen-bond donors (Lipinski definition) is 1. The van der Waals surface area contributed by atoms with Crippen LogP contribution in [-0.2, 0) is 0 Å². The molecule has 0 bridgehead atoms. The molecule has 0 radical (unpaired) electrons. The van der Waals surface area contributed by atoms with E-state index in [0.717, 1.165) is 5.56 Å². The van der Waals surface area contributed by atoms with Crippen LogP contribution in [0.3, 0.4) is 0 Å². The number of benzene rings is 1. The zero-order valence-electron chi connectivity index (χ0n) is 10.5. The SMILES string of the molecule is C[C@@H](NC(=O)c1nc(Cl)ccc1Cl)c1ccc(F)cc1. The molecule has 0 saturated carbocycles. The van der Waals surface area contributed by atoms with Crippen molar-refractivity contribution in [3.63, 3.8) is 0 Å². The molecule has 0 spiro atoms. The first-order valence-electron chi connectivity index (χ1n) is 5.86. The number of carbonyl (C=O) groups excluding carboxylic acids is 1. The van der Waals surface area contributed by atoms with Gasteiger partial charge < -0.3 is 5.32 Å². The number of pyridine rings is 1. The van der Waals surface area contributed by atoms with Crippen LogP contribution in [0.5, 0.6) is 0 Å². The molecule has 6 heteroatoms. The average molecular weight is 313 g/mol. The van der Waals surface area contributed by atoms with Crippen LogP contribution in [0.25, 0.3) is 0 Å². The van der Waals surface area contributed by atoms with Crippen molar-refractivity contribution in [2.24, 2.45) is 0 Å². The summed E-state index contributed by atoms with van der Waals surface area (Å²) in [5.74, 6) is -0.763. The third-order valence-corrected chi connectivity index (χ3v) is 3.26. The van der Waals surface area contributed by atoms with Gasteiger partial charge in [-0.05, 0) is 36.8 Å². The third kappa shape index (κ3) is 3.46. The average Bonchev–Trinajstić information content (AvgIpc) is 2.42. The van der Waals surface area contributed by atoms with Crippen molar-refractivity contribution in [1.82, 2.24) is 10.3 Å². The lowest BCUT2D eigenvalue weighted by Crippen LogP contribution is -2.27.